The van der Waals surface area contributed by atoms with Gasteiger partial charge in [-0.05, 0) is 38.0 Å². The molecule has 0 radical (unpaired) electrons. The third-order valence-corrected chi connectivity index (χ3v) is 4.23. The summed E-state index contributed by atoms with van der Waals surface area (Å²) in [6.45, 7) is 4.92. The maximum absolute atomic E-state index is 12.1. The van der Waals surface area contributed by atoms with E-state index in [4.69, 9.17) is 11.6 Å². The van der Waals surface area contributed by atoms with Crippen molar-refractivity contribution in [3.05, 3.63) is 22.6 Å². The molecule has 0 aliphatic carbocycles. The van der Waals surface area contributed by atoms with Crippen LogP contribution < -0.4 is 10.5 Å². The zero-order valence-corrected chi connectivity index (χ0v) is 13.0. The highest BCUT2D eigenvalue weighted by atomic mass is 35.5. The van der Waals surface area contributed by atoms with Crippen molar-refractivity contribution in [2.45, 2.75) is 45.6 Å². The molecule has 0 aromatic carbocycles. The SMILES string of the molecule is CC(CCCl)CCn1ncc(N2CCCCC2)cc1=O. The molecule has 112 valence electrons. The first kappa shape index (κ1) is 15.4. The number of alkyl halides is 1. The van der Waals surface area contributed by atoms with Crippen LogP contribution in [0.1, 0.15) is 39.0 Å². The van der Waals surface area contributed by atoms with Crippen LogP contribution in [0, 0.1) is 5.92 Å². The van der Waals surface area contributed by atoms with Gasteiger partial charge in [-0.2, -0.15) is 5.10 Å². The van der Waals surface area contributed by atoms with E-state index >= 15 is 0 Å². The molecule has 0 spiro atoms. The van der Waals surface area contributed by atoms with E-state index in [-0.39, 0.29) is 5.56 Å². The van der Waals surface area contributed by atoms with E-state index in [0.29, 0.717) is 18.3 Å². The summed E-state index contributed by atoms with van der Waals surface area (Å²) in [5, 5.41) is 4.32. The number of piperidine rings is 1. The summed E-state index contributed by atoms with van der Waals surface area (Å²) in [5.74, 6) is 1.21. The Morgan fingerprint density at radius 2 is 2.05 bits per heavy atom. The van der Waals surface area contributed by atoms with Crippen molar-refractivity contribution in [3.8, 4) is 0 Å². The third kappa shape index (κ3) is 4.23. The highest BCUT2D eigenvalue weighted by molar-refractivity contribution is 6.17. The fourth-order valence-electron chi connectivity index (χ4n) is 2.59. The molecule has 0 bridgehead atoms. The Hall–Kier alpha value is -1.03. The van der Waals surface area contributed by atoms with Gasteiger partial charge in [0.2, 0.25) is 0 Å². The van der Waals surface area contributed by atoms with Gasteiger partial charge in [-0.3, -0.25) is 4.79 Å². The van der Waals surface area contributed by atoms with Gasteiger partial charge in [0.1, 0.15) is 0 Å². The summed E-state index contributed by atoms with van der Waals surface area (Å²) >= 11 is 5.73. The normalized spacial score (nSPS) is 17.2. The van der Waals surface area contributed by atoms with Gasteiger partial charge in [-0.15, -0.1) is 11.6 Å². The minimum Gasteiger partial charge on any atom is -0.370 e. The van der Waals surface area contributed by atoms with Gasteiger partial charge in [-0.25, -0.2) is 4.68 Å². The predicted molar refractivity (Wildman–Crippen MR) is 83.7 cm³/mol. The fourth-order valence-corrected chi connectivity index (χ4v) is 2.96. The molecule has 0 N–H and O–H groups in total. The van der Waals surface area contributed by atoms with Crippen LogP contribution in [0.5, 0.6) is 0 Å². The van der Waals surface area contributed by atoms with Crippen molar-refractivity contribution >= 4 is 17.3 Å². The topological polar surface area (TPSA) is 38.1 Å². The van der Waals surface area contributed by atoms with Gasteiger partial charge in [-0.1, -0.05) is 6.92 Å². The number of anilines is 1. The first-order chi connectivity index (χ1) is 9.70. The van der Waals surface area contributed by atoms with Gasteiger partial charge in [0, 0.05) is 31.6 Å². The lowest BCUT2D eigenvalue weighted by Gasteiger charge is -2.28. The number of halogens is 1. The molecule has 20 heavy (non-hydrogen) atoms. The van der Waals surface area contributed by atoms with E-state index in [1.807, 2.05) is 6.20 Å². The van der Waals surface area contributed by atoms with E-state index in [0.717, 1.165) is 31.6 Å². The van der Waals surface area contributed by atoms with Crippen molar-refractivity contribution in [1.82, 2.24) is 9.78 Å². The smallest absolute Gasteiger partial charge is 0.268 e. The number of aromatic nitrogens is 2. The summed E-state index contributed by atoms with van der Waals surface area (Å²) in [6.07, 6.45) is 7.47. The Kier molecular flexibility index (Phi) is 5.89. The molecule has 2 heterocycles. The molecule has 2 rings (SSSR count). The molecule has 0 saturated carbocycles. The second-order valence-corrected chi connectivity index (χ2v) is 6.07. The summed E-state index contributed by atoms with van der Waals surface area (Å²) in [5.41, 5.74) is 0.978. The molecule has 1 aliphatic heterocycles. The minimum absolute atomic E-state index is 0.00569. The number of hydrogen-bond acceptors (Lipinski definition) is 3. The van der Waals surface area contributed by atoms with Gasteiger partial charge in [0.15, 0.2) is 0 Å². The Morgan fingerprint density at radius 1 is 1.30 bits per heavy atom. The zero-order valence-electron chi connectivity index (χ0n) is 12.2. The molecular formula is C15H24ClN3O. The fraction of sp³-hybridized carbons (Fsp3) is 0.733. The maximum atomic E-state index is 12.1. The van der Waals surface area contributed by atoms with Crippen LogP contribution in [0.3, 0.4) is 0 Å². The Bertz CT molecular complexity index is 468. The number of nitrogens with zero attached hydrogens (tertiary/aromatic N) is 3. The summed E-state index contributed by atoms with van der Waals surface area (Å²) in [4.78, 5) is 14.4. The Morgan fingerprint density at radius 3 is 2.70 bits per heavy atom. The predicted octanol–water partition coefficient (Wildman–Crippen LogP) is 2.89. The second-order valence-electron chi connectivity index (χ2n) is 5.69. The zero-order chi connectivity index (χ0) is 14.4. The molecular weight excluding hydrogens is 274 g/mol. The maximum Gasteiger partial charge on any atom is 0.268 e. The molecule has 0 amide bonds. The van der Waals surface area contributed by atoms with Crippen molar-refractivity contribution in [2.24, 2.45) is 5.92 Å². The highest BCUT2D eigenvalue weighted by Crippen LogP contribution is 2.17. The average molecular weight is 298 g/mol. The van der Waals surface area contributed by atoms with Gasteiger partial charge in [0.25, 0.3) is 5.56 Å². The summed E-state index contributed by atoms with van der Waals surface area (Å²) in [6, 6.07) is 1.73. The monoisotopic (exact) mass is 297 g/mol. The van der Waals surface area contributed by atoms with Crippen LogP contribution in [0.4, 0.5) is 5.69 Å². The molecule has 1 aliphatic rings. The Balaban J connectivity index is 1.96. The first-order valence-corrected chi connectivity index (χ1v) is 8.12. The van der Waals surface area contributed by atoms with E-state index < -0.39 is 0 Å². The molecule has 1 fully saturated rings. The second kappa shape index (κ2) is 7.67. The molecule has 1 aromatic rings. The minimum atomic E-state index is 0.00569. The van der Waals surface area contributed by atoms with E-state index in [2.05, 4.69) is 16.9 Å². The van der Waals surface area contributed by atoms with Crippen LogP contribution in [0.25, 0.3) is 0 Å². The lowest BCUT2D eigenvalue weighted by Crippen LogP contribution is -2.32. The standard InChI is InChI=1S/C15H24ClN3O/c1-13(5-7-16)6-10-19-15(20)11-14(12-17-19)18-8-3-2-4-9-18/h11-13H,2-10H2,1H3. The van der Waals surface area contributed by atoms with Crippen LogP contribution in [-0.2, 0) is 6.54 Å². The summed E-state index contributed by atoms with van der Waals surface area (Å²) in [7, 11) is 0. The first-order valence-electron chi connectivity index (χ1n) is 7.59. The third-order valence-electron chi connectivity index (χ3n) is 4.01. The summed E-state index contributed by atoms with van der Waals surface area (Å²) < 4.78 is 1.57. The van der Waals surface area contributed by atoms with Crippen molar-refractivity contribution in [3.63, 3.8) is 0 Å². The van der Waals surface area contributed by atoms with Gasteiger partial charge < -0.3 is 4.90 Å². The highest BCUT2D eigenvalue weighted by Gasteiger charge is 2.12. The Labute approximate surface area is 125 Å². The van der Waals surface area contributed by atoms with Crippen molar-refractivity contribution < 1.29 is 0 Å². The van der Waals surface area contributed by atoms with Crippen molar-refractivity contribution in [1.29, 1.82) is 0 Å². The van der Waals surface area contributed by atoms with E-state index in [1.165, 1.54) is 19.3 Å². The largest absolute Gasteiger partial charge is 0.370 e. The quantitative estimate of drug-likeness (QED) is 0.758. The molecule has 1 atom stereocenters. The molecule has 1 aromatic heterocycles. The number of rotatable bonds is 6. The van der Waals surface area contributed by atoms with E-state index in [1.54, 1.807) is 10.7 Å². The van der Waals surface area contributed by atoms with Crippen LogP contribution >= 0.6 is 11.6 Å². The van der Waals surface area contributed by atoms with E-state index in [9.17, 15) is 4.79 Å². The van der Waals surface area contributed by atoms with Crippen LogP contribution in [-0.4, -0.2) is 28.8 Å². The molecule has 1 unspecified atom stereocenters. The van der Waals surface area contributed by atoms with Crippen LogP contribution in [0.15, 0.2) is 17.1 Å². The number of hydrogen-bond donors (Lipinski definition) is 0. The molecule has 5 heteroatoms. The van der Waals surface area contributed by atoms with Crippen LogP contribution in [0.2, 0.25) is 0 Å². The average Bonchev–Trinajstić information content (AvgIpc) is 2.47. The molecule has 1 saturated heterocycles. The van der Waals surface area contributed by atoms with Crippen molar-refractivity contribution in [2.75, 3.05) is 23.9 Å². The lowest BCUT2D eigenvalue weighted by molar-refractivity contribution is 0.439. The lowest BCUT2D eigenvalue weighted by atomic mass is 10.1. The van der Waals surface area contributed by atoms with Gasteiger partial charge >= 0.3 is 0 Å². The van der Waals surface area contributed by atoms with Gasteiger partial charge in [0.05, 0.1) is 11.9 Å². The molecule has 4 nitrogen and oxygen atoms in total. The number of aryl methyl sites for hydroxylation is 1.